The predicted octanol–water partition coefficient (Wildman–Crippen LogP) is 4.72. The molecule has 0 atom stereocenters. The molecule has 1 saturated heterocycles. The Morgan fingerprint density at radius 2 is 1.86 bits per heavy atom. The number of nitrogens with one attached hydrogen (secondary N) is 1. The van der Waals surface area contributed by atoms with Crippen molar-refractivity contribution >= 4 is 23.3 Å². The van der Waals surface area contributed by atoms with Crippen LogP contribution in [-0.2, 0) is 12.7 Å². The summed E-state index contributed by atoms with van der Waals surface area (Å²) in [5, 5.41) is 3.17. The van der Waals surface area contributed by atoms with Gasteiger partial charge in [0.15, 0.2) is 0 Å². The summed E-state index contributed by atoms with van der Waals surface area (Å²) < 4.78 is 43.8. The van der Waals surface area contributed by atoms with Crippen LogP contribution in [0.3, 0.4) is 0 Å². The number of rotatable bonds is 4. The highest BCUT2D eigenvalue weighted by Crippen LogP contribution is 2.30. The predicted molar refractivity (Wildman–Crippen MR) is 105 cm³/mol. The van der Waals surface area contributed by atoms with Crippen molar-refractivity contribution in [2.24, 2.45) is 0 Å². The molecule has 1 aliphatic heterocycles. The van der Waals surface area contributed by atoms with E-state index in [1.165, 1.54) is 12.1 Å². The van der Waals surface area contributed by atoms with Crippen LogP contribution in [0.5, 0.6) is 5.75 Å². The third kappa shape index (κ3) is 5.55. The van der Waals surface area contributed by atoms with E-state index < -0.39 is 17.8 Å². The summed E-state index contributed by atoms with van der Waals surface area (Å²) in [6.45, 7) is 2.82. The summed E-state index contributed by atoms with van der Waals surface area (Å²) >= 11 is 6.07. The molecular formula is C20H21ClF3N3O2. The zero-order chi connectivity index (χ0) is 21.0. The molecule has 3 rings (SSSR count). The topological polar surface area (TPSA) is 44.8 Å². The second-order valence-corrected chi connectivity index (χ2v) is 7.16. The molecule has 2 aromatic rings. The average Bonchev–Trinajstić information content (AvgIpc) is 2.68. The van der Waals surface area contributed by atoms with Gasteiger partial charge in [-0.2, -0.15) is 13.2 Å². The summed E-state index contributed by atoms with van der Waals surface area (Å²) in [4.78, 5) is 16.2. The van der Waals surface area contributed by atoms with Crippen molar-refractivity contribution in [1.29, 1.82) is 0 Å². The normalized spacial score (nSPS) is 15.3. The highest BCUT2D eigenvalue weighted by molar-refractivity contribution is 6.30. The van der Waals surface area contributed by atoms with Crippen molar-refractivity contribution in [3.63, 3.8) is 0 Å². The van der Waals surface area contributed by atoms with Crippen LogP contribution in [0.25, 0.3) is 0 Å². The van der Waals surface area contributed by atoms with Gasteiger partial charge in [0.25, 0.3) is 0 Å². The Labute approximate surface area is 172 Å². The van der Waals surface area contributed by atoms with Crippen LogP contribution < -0.4 is 10.1 Å². The quantitative estimate of drug-likeness (QED) is 0.768. The molecule has 0 aliphatic carbocycles. The number of amides is 2. The van der Waals surface area contributed by atoms with E-state index in [9.17, 15) is 18.0 Å². The second-order valence-electron chi connectivity index (χ2n) is 6.73. The highest BCUT2D eigenvalue weighted by atomic mass is 35.5. The molecule has 2 aromatic carbocycles. The number of nitrogens with zero attached hydrogens (tertiary/aromatic N) is 2. The van der Waals surface area contributed by atoms with Gasteiger partial charge in [0.2, 0.25) is 0 Å². The molecule has 0 saturated carbocycles. The fourth-order valence-corrected chi connectivity index (χ4v) is 3.39. The Bertz CT molecular complexity index is 868. The van der Waals surface area contributed by atoms with Crippen LogP contribution >= 0.6 is 11.6 Å². The minimum Gasteiger partial charge on any atom is -0.496 e. The molecule has 0 bridgehead atoms. The molecule has 1 fully saturated rings. The molecule has 9 heteroatoms. The average molecular weight is 428 g/mol. The van der Waals surface area contributed by atoms with Gasteiger partial charge in [-0.15, -0.1) is 0 Å². The highest BCUT2D eigenvalue weighted by Gasteiger charge is 2.30. The number of halogens is 4. The summed E-state index contributed by atoms with van der Waals surface area (Å²) in [5.74, 6) is 0.749. The van der Waals surface area contributed by atoms with Gasteiger partial charge in [0, 0.05) is 49.0 Å². The third-order valence-corrected chi connectivity index (χ3v) is 4.97. The number of hydrogen-bond acceptors (Lipinski definition) is 3. The van der Waals surface area contributed by atoms with E-state index in [1.807, 2.05) is 12.1 Å². The van der Waals surface area contributed by atoms with Crippen molar-refractivity contribution in [3.8, 4) is 5.75 Å². The largest absolute Gasteiger partial charge is 0.496 e. The molecule has 0 unspecified atom stereocenters. The van der Waals surface area contributed by atoms with E-state index in [1.54, 1.807) is 18.1 Å². The van der Waals surface area contributed by atoms with Crippen LogP contribution in [-0.4, -0.2) is 49.1 Å². The monoisotopic (exact) mass is 427 g/mol. The standard InChI is InChI=1S/C20H21ClF3N3O2/c1-29-18-6-5-16(21)11-14(18)13-26-7-9-27(10-8-26)19(28)25-17-4-2-3-15(12-17)20(22,23)24/h2-6,11-12H,7-10,13H2,1H3,(H,25,28). The van der Waals surface area contributed by atoms with Crippen LogP contribution in [0.15, 0.2) is 42.5 Å². The smallest absolute Gasteiger partial charge is 0.416 e. The number of anilines is 1. The number of carbonyl (C=O) groups excluding carboxylic acids is 1. The molecular weight excluding hydrogens is 407 g/mol. The number of methoxy groups -OCH3 is 1. The molecule has 0 aromatic heterocycles. The van der Waals surface area contributed by atoms with Crippen LogP contribution in [0.4, 0.5) is 23.7 Å². The number of piperazine rings is 1. The minimum atomic E-state index is -4.45. The fourth-order valence-electron chi connectivity index (χ4n) is 3.20. The van der Waals surface area contributed by atoms with E-state index in [0.29, 0.717) is 37.7 Å². The van der Waals surface area contributed by atoms with Crippen LogP contribution in [0.2, 0.25) is 5.02 Å². The van der Waals surface area contributed by atoms with Gasteiger partial charge in [0.1, 0.15) is 5.75 Å². The molecule has 29 heavy (non-hydrogen) atoms. The lowest BCUT2D eigenvalue weighted by Gasteiger charge is -2.35. The molecule has 5 nitrogen and oxygen atoms in total. The zero-order valence-corrected chi connectivity index (χ0v) is 16.6. The summed E-state index contributed by atoms with van der Waals surface area (Å²) in [6, 6.07) is 9.63. The number of urea groups is 1. The number of ether oxygens (including phenoxy) is 1. The zero-order valence-electron chi connectivity index (χ0n) is 15.8. The van der Waals surface area contributed by atoms with E-state index in [0.717, 1.165) is 23.4 Å². The minimum absolute atomic E-state index is 0.121. The molecule has 1 N–H and O–H groups in total. The van der Waals surface area contributed by atoms with Gasteiger partial charge in [-0.05, 0) is 36.4 Å². The Hall–Kier alpha value is -2.45. The fraction of sp³-hybridized carbons (Fsp3) is 0.350. The van der Waals surface area contributed by atoms with Gasteiger partial charge in [-0.1, -0.05) is 17.7 Å². The van der Waals surface area contributed by atoms with E-state index >= 15 is 0 Å². The van der Waals surface area contributed by atoms with Crippen molar-refractivity contribution in [2.45, 2.75) is 12.7 Å². The molecule has 1 aliphatic rings. The number of carbonyl (C=O) groups is 1. The maximum atomic E-state index is 12.8. The summed E-state index contributed by atoms with van der Waals surface area (Å²) in [7, 11) is 1.60. The van der Waals surface area contributed by atoms with E-state index in [-0.39, 0.29) is 5.69 Å². The van der Waals surface area contributed by atoms with Crippen LogP contribution in [0.1, 0.15) is 11.1 Å². The Balaban J connectivity index is 1.56. The van der Waals surface area contributed by atoms with E-state index in [4.69, 9.17) is 16.3 Å². The SMILES string of the molecule is COc1ccc(Cl)cc1CN1CCN(C(=O)Nc2cccc(C(F)(F)F)c2)CC1. The molecule has 0 radical (unpaired) electrons. The Kier molecular flexibility index (Phi) is 6.54. The third-order valence-electron chi connectivity index (χ3n) is 4.74. The maximum absolute atomic E-state index is 12.8. The van der Waals surface area contributed by atoms with Crippen molar-refractivity contribution in [3.05, 3.63) is 58.6 Å². The van der Waals surface area contributed by atoms with Crippen molar-refractivity contribution in [2.75, 3.05) is 38.6 Å². The van der Waals surface area contributed by atoms with Gasteiger partial charge in [-0.3, -0.25) is 4.90 Å². The van der Waals surface area contributed by atoms with Gasteiger partial charge >= 0.3 is 12.2 Å². The van der Waals surface area contributed by atoms with Gasteiger partial charge in [0.05, 0.1) is 12.7 Å². The lowest BCUT2D eigenvalue weighted by molar-refractivity contribution is -0.137. The lowest BCUT2D eigenvalue weighted by Crippen LogP contribution is -2.49. The Morgan fingerprint density at radius 1 is 1.14 bits per heavy atom. The number of alkyl halides is 3. The lowest BCUT2D eigenvalue weighted by atomic mass is 10.1. The van der Waals surface area contributed by atoms with Gasteiger partial charge < -0.3 is 15.0 Å². The molecule has 2 amide bonds. The second kappa shape index (κ2) is 8.92. The first kappa shape index (κ1) is 21.3. The summed E-state index contributed by atoms with van der Waals surface area (Å²) in [5.41, 5.74) is 0.286. The first-order valence-electron chi connectivity index (χ1n) is 9.04. The summed E-state index contributed by atoms with van der Waals surface area (Å²) in [6.07, 6.45) is -4.45. The van der Waals surface area contributed by atoms with Crippen LogP contribution in [0, 0.1) is 0 Å². The van der Waals surface area contributed by atoms with Crippen molar-refractivity contribution < 1.29 is 22.7 Å². The first-order chi connectivity index (χ1) is 13.8. The first-order valence-corrected chi connectivity index (χ1v) is 9.42. The maximum Gasteiger partial charge on any atom is 0.416 e. The van der Waals surface area contributed by atoms with Crippen molar-refractivity contribution in [1.82, 2.24) is 9.80 Å². The number of benzene rings is 2. The molecule has 1 heterocycles. The Morgan fingerprint density at radius 3 is 2.52 bits per heavy atom. The number of hydrogen-bond donors (Lipinski definition) is 1. The van der Waals surface area contributed by atoms with Gasteiger partial charge in [-0.25, -0.2) is 4.79 Å². The van der Waals surface area contributed by atoms with E-state index in [2.05, 4.69) is 10.2 Å². The molecule has 156 valence electrons. The molecule has 0 spiro atoms.